The molecule has 0 aromatic heterocycles. The van der Waals surface area contributed by atoms with Crippen molar-refractivity contribution in [2.24, 2.45) is 17.6 Å². The Labute approximate surface area is 68.8 Å². The van der Waals surface area contributed by atoms with Gasteiger partial charge < -0.3 is 10.8 Å². The number of rotatable bonds is 3. The number of aliphatic hydroxyl groups is 1. The van der Waals surface area contributed by atoms with Gasteiger partial charge in [-0.05, 0) is 18.4 Å². The van der Waals surface area contributed by atoms with Gasteiger partial charge in [0.05, 0.1) is 0 Å². The molecule has 0 spiro atoms. The van der Waals surface area contributed by atoms with Gasteiger partial charge in [-0.1, -0.05) is 32.1 Å². The van der Waals surface area contributed by atoms with Crippen LogP contribution in [0.25, 0.3) is 0 Å². The van der Waals surface area contributed by atoms with E-state index in [-0.39, 0.29) is 6.61 Å². The highest BCUT2D eigenvalue weighted by Crippen LogP contribution is 2.29. The number of hydrogen-bond acceptors (Lipinski definition) is 2. The second-order valence-electron chi connectivity index (χ2n) is 3.58. The van der Waals surface area contributed by atoms with E-state index in [1.807, 2.05) is 0 Å². The third-order valence-corrected chi connectivity index (χ3v) is 2.85. The second kappa shape index (κ2) is 4.73. The molecule has 0 unspecified atom stereocenters. The van der Waals surface area contributed by atoms with Gasteiger partial charge in [-0.2, -0.15) is 0 Å². The summed E-state index contributed by atoms with van der Waals surface area (Å²) in [5, 5.41) is 9.00. The zero-order valence-electron chi connectivity index (χ0n) is 7.13. The largest absolute Gasteiger partial charge is 0.396 e. The van der Waals surface area contributed by atoms with E-state index in [1.54, 1.807) is 0 Å². The van der Waals surface area contributed by atoms with Gasteiger partial charge in [-0.25, -0.2) is 0 Å². The molecule has 11 heavy (non-hydrogen) atoms. The topological polar surface area (TPSA) is 46.2 Å². The van der Waals surface area contributed by atoms with Crippen LogP contribution in [0, 0.1) is 11.8 Å². The van der Waals surface area contributed by atoms with Crippen LogP contribution in [0.2, 0.25) is 0 Å². The van der Waals surface area contributed by atoms with Gasteiger partial charge in [0.25, 0.3) is 0 Å². The van der Waals surface area contributed by atoms with Crippen molar-refractivity contribution in [2.75, 3.05) is 13.2 Å². The Morgan fingerprint density at radius 3 is 2.36 bits per heavy atom. The standard InChI is InChI=1S/C9H19NO/c10-6-9(7-11)8-4-2-1-3-5-8/h8-9,11H,1-7,10H2/t9-/m1/s1. The van der Waals surface area contributed by atoms with Crippen LogP contribution in [0.1, 0.15) is 32.1 Å². The first-order chi connectivity index (χ1) is 5.38. The van der Waals surface area contributed by atoms with Gasteiger partial charge in [0.1, 0.15) is 0 Å². The predicted molar refractivity (Wildman–Crippen MR) is 46.2 cm³/mol. The number of aliphatic hydroxyl groups excluding tert-OH is 1. The minimum atomic E-state index is 0.279. The lowest BCUT2D eigenvalue weighted by atomic mass is 9.80. The average molecular weight is 157 g/mol. The molecule has 1 rings (SSSR count). The summed E-state index contributed by atoms with van der Waals surface area (Å²) in [5.74, 6) is 1.08. The molecule has 0 bridgehead atoms. The summed E-state index contributed by atoms with van der Waals surface area (Å²) in [4.78, 5) is 0. The van der Waals surface area contributed by atoms with Crippen LogP contribution in [0.4, 0.5) is 0 Å². The molecular formula is C9H19NO. The van der Waals surface area contributed by atoms with Crippen LogP contribution < -0.4 is 5.73 Å². The smallest absolute Gasteiger partial charge is 0.0473 e. The molecule has 2 nitrogen and oxygen atoms in total. The molecule has 0 heterocycles. The molecule has 0 amide bonds. The Hall–Kier alpha value is -0.0800. The molecule has 0 aromatic rings. The van der Waals surface area contributed by atoms with Crippen molar-refractivity contribution in [3.63, 3.8) is 0 Å². The van der Waals surface area contributed by atoms with E-state index in [2.05, 4.69) is 0 Å². The molecule has 0 radical (unpaired) electrons. The molecule has 1 aliphatic carbocycles. The first-order valence-corrected chi connectivity index (χ1v) is 4.69. The fourth-order valence-corrected chi connectivity index (χ4v) is 2.02. The van der Waals surface area contributed by atoms with Gasteiger partial charge in [-0.15, -0.1) is 0 Å². The third-order valence-electron chi connectivity index (χ3n) is 2.85. The molecule has 1 aliphatic rings. The molecule has 0 aliphatic heterocycles. The van der Waals surface area contributed by atoms with Crippen LogP contribution >= 0.6 is 0 Å². The van der Waals surface area contributed by atoms with Gasteiger partial charge in [-0.3, -0.25) is 0 Å². The molecule has 3 N–H and O–H groups in total. The molecule has 1 saturated carbocycles. The lowest BCUT2D eigenvalue weighted by Gasteiger charge is -2.27. The summed E-state index contributed by atoms with van der Waals surface area (Å²) in [6.45, 7) is 0.933. The molecule has 1 atom stereocenters. The lowest BCUT2D eigenvalue weighted by Crippen LogP contribution is -2.28. The van der Waals surface area contributed by atoms with E-state index in [4.69, 9.17) is 10.8 Å². The van der Waals surface area contributed by atoms with Crippen LogP contribution in [0.15, 0.2) is 0 Å². The minimum Gasteiger partial charge on any atom is -0.396 e. The summed E-state index contributed by atoms with van der Waals surface area (Å²) in [5.41, 5.74) is 5.55. The van der Waals surface area contributed by atoms with Crippen molar-refractivity contribution in [3.05, 3.63) is 0 Å². The normalized spacial score (nSPS) is 23.5. The van der Waals surface area contributed by atoms with E-state index in [1.165, 1.54) is 32.1 Å². The van der Waals surface area contributed by atoms with E-state index >= 15 is 0 Å². The Bertz CT molecular complexity index is 95.7. The van der Waals surface area contributed by atoms with Crippen LogP contribution in [-0.4, -0.2) is 18.3 Å². The zero-order chi connectivity index (χ0) is 8.10. The summed E-state index contributed by atoms with van der Waals surface area (Å²) in [7, 11) is 0. The molecular weight excluding hydrogens is 138 g/mol. The quantitative estimate of drug-likeness (QED) is 0.645. The highest BCUT2D eigenvalue weighted by molar-refractivity contribution is 4.73. The SMILES string of the molecule is NC[C@H](CO)C1CCCCC1. The maximum absolute atomic E-state index is 9.00. The first-order valence-electron chi connectivity index (χ1n) is 4.69. The van der Waals surface area contributed by atoms with Gasteiger partial charge in [0, 0.05) is 6.61 Å². The minimum absolute atomic E-state index is 0.279. The third kappa shape index (κ3) is 2.46. The molecule has 1 fully saturated rings. The van der Waals surface area contributed by atoms with Crippen molar-refractivity contribution >= 4 is 0 Å². The fourth-order valence-electron chi connectivity index (χ4n) is 2.02. The molecule has 0 aromatic carbocycles. The van der Waals surface area contributed by atoms with E-state index in [0.29, 0.717) is 18.4 Å². The highest BCUT2D eigenvalue weighted by atomic mass is 16.3. The van der Waals surface area contributed by atoms with Crippen molar-refractivity contribution in [1.29, 1.82) is 0 Å². The van der Waals surface area contributed by atoms with Crippen LogP contribution in [0.5, 0.6) is 0 Å². The summed E-state index contributed by atoms with van der Waals surface area (Å²) < 4.78 is 0. The lowest BCUT2D eigenvalue weighted by molar-refractivity contribution is 0.153. The van der Waals surface area contributed by atoms with E-state index in [9.17, 15) is 0 Å². The second-order valence-corrected chi connectivity index (χ2v) is 3.58. The Kier molecular flexibility index (Phi) is 3.87. The van der Waals surface area contributed by atoms with Gasteiger partial charge in [0.15, 0.2) is 0 Å². The van der Waals surface area contributed by atoms with E-state index < -0.39 is 0 Å². The highest BCUT2D eigenvalue weighted by Gasteiger charge is 2.21. The molecule has 2 heteroatoms. The number of hydrogen-bond donors (Lipinski definition) is 2. The maximum Gasteiger partial charge on any atom is 0.0473 e. The molecule has 66 valence electrons. The Morgan fingerprint density at radius 2 is 1.91 bits per heavy atom. The zero-order valence-corrected chi connectivity index (χ0v) is 7.13. The van der Waals surface area contributed by atoms with Crippen molar-refractivity contribution in [3.8, 4) is 0 Å². The monoisotopic (exact) mass is 157 g/mol. The van der Waals surface area contributed by atoms with E-state index in [0.717, 1.165) is 0 Å². The van der Waals surface area contributed by atoms with Crippen LogP contribution in [0.3, 0.4) is 0 Å². The van der Waals surface area contributed by atoms with Crippen molar-refractivity contribution in [1.82, 2.24) is 0 Å². The maximum atomic E-state index is 9.00. The summed E-state index contributed by atoms with van der Waals surface area (Å²) in [6.07, 6.45) is 6.60. The fraction of sp³-hybridized carbons (Fsp3) is 1.00. The van der Waals surface area contributed by atoms with Crippen molar-refractivity contribution < 1.29 is 5.11 Å². The predicted octanol–water partition coefficient (Wildman–Crippen LogP) is 1.13. The Morgan fingerprint density at radius 1 is 1.27 bits per heavy atom. The first kappa shape index (κ1) is 9.01. The Balaban J connectivity index is 2.30. The van der Waals surface area contributed by atoms with Crippen LogP contribution in [-0.2, 0) is 0 Å². The summed E-state index contributed by atoms with van der Waals surface area (Å²) >= 11 is 0. The van der Waals surface area contributed by atoms with Crippen molar-refractivity contribution in [2.45, 2.75) is 32.1 Å². The van der Waals surface area contributed by atoms with Gasteiger partial charge in [0.2, 0.25) is 0 Å². The molecule has 0 saturated heterocycles. The average Bonchev–Trinajstić information content (AvgIpc) is 2.09. The summed E-state index contributed by atoms with van der Waals surface area (Å²) in [6, 6.07) is 0. The number of nitrogens with two attached hydrogens (primary N) is 1. The van der Waals surface area contributed by atoms with Gasteiger partial charge >= 0.3 is 0 Å².